The minimum atomic E-state index is -4.89. The standard InChI is InChI=1S/C21H13F5N4O/c22-14-3-1-12(2-4-14)13-7-8-30-18(11-27-19(30)9-13)16-10-15(5-6-17(16)23)28-20(31)29-21(24,25)26/h1-11H,(H2,28,29,31). The Morgan fingerprint density at radius 1 is 0.935 bits per heavy atom. The normalized spacial score (nSPS) is 11.5. The lowest BCUT2D eigenvalue weighted by Crippen LogP contribution is -2.40. The largest absolute Gasteiger partial charge is 0.485 e. The Hall–Kier alpha value is -3.95. The van der Waals surface area contributed by atoms with E-state index in [1.54, 1.807) is 34.9 Å². The number of aromatic nitrogens is 2. The summed E-state index contributed by atoms with van der Waals surface area (Å²) in [6, 6.07) is 11.3. The second kappa shape index (κ2) is 7.71. The van der Waals surface area contributed by atoms with E-state index in [0.29, 0.717) is 11.3 Å². The van der Waals surface area contributed by atoms with Crippen LogP contribution in [0.15, 0.2) is 67.0 Å². The number of urea groups is 1. The second-order valence-corrected chi connectivity index (χ2v) is 6.57. The molecule has 2 heterocycles. The molecule has 10 heteroatoms. The molecule has 31 heavy (non-hydrogen) atoms. The average Bonchev–Trinajstić information content (AvgIpc) is 3.11. The molecule has 0 saturated heterocycles. The van der Waals surface area contributed by atoms with Gasteiger partial charge < -0.3 is 5.32 Å². The van der Waals surface area contributed by atoms with Gasteiger partial charge in [-0.1, -0.05) is 12.1 Å². The number of rotatable bonds is 3. The number of halogens is 5. The molecule has 4 aromatic rings. The maximum atomic E-state index is 14.5. The number of imidazole rings is 1. The topological polar surface area (TPSA) is 58.4 Å². The highest BCUT2D eigenvalue weighted by atomic mass is 19.4. The SMILES string of the molecule is O=C(Nc1ccc(F)c(-c2cnc3cc(-c4ccc(F)cc4)ccn23)c1)NC(F)(F)F. The minimum Gasteiger partial charge on any atom is -0.308 e. The minimum absolute atomic E-state index is 0.0315. The summed E-state index contributed by atoms with van der Waals surface area (Å²) in [6.45, 7) is 0. The number of nitrogens with zero attached hydrogens (tertiary/aromatic N) is 2. The number of amides is 2. The Balaban J connectivity index is 1.67. The quantitative estimate of drug-likeness (QED) is 0.328. The van der Waals surface area contributed by atoms with Crippen molar-refractivity contribution in [2.24, 2.45) is 0 Å². The molecule has 0 atom stereocenters. The summed E-state index contributed by atoms with van der Waals surface area (Å²) in [5.74, 6) is -1.01. The molecule has 0 aliphatic rings. The van der Waals surface area contributed by atoms with Crippen LogP contribution in [0.25, 0.3) is 28.0 Å². The van der Waals surface area contributed by atoms with Gasteiger partial charge >= 0.3 is 12.3 Å². The third-order valence-electron chi connectivity index (χ3n) is 4.45. The van der Waals surface area contributed by atoms with Crippen LogP contribution in [0.1, 0.15) is 0 Å². The van der Waals surface area contributed by atoms with E-state index in [1.165, 1.54) is 24.4 Å². The molecule has 0 bridgehead atoms. The van der Waals surface area contributed by atoms with Gasteiger partial charge in [0.1, 0.15) is 17.3 Å². The number of fused-ring (bicyclic) bond motifs is 1. The summed E-state index contributed by atoms with van der Waals surface area (Å²) in [7, 11) is 0. The van der Waals surface area contributed by atoms with Gasteiger partial charge in [-0.05, 0) is 53.6 Å². The Morgan fingerprint density at radius 2 is 1.68 bits per heavy atom. The third-order valence-corrected chi connectivity index (χ3v) is 4.45. The van der Waals surface area contributed by atoms with Gasteiger partial charge in [-0.25, -0.2) is 23.9 Å². The molecule has 4 rings (SSSR count). The summed E-state index contributed by atoms with van der Waals surface area (Å²) in [5.41, 5.74) is 2.34. The van der Waals surface area contributed by atoms with E-state index in [-0.39, 0.29) is 17.1 Å². The van der Waals surface area contributed by atoms with Crippen LogP contribution in [-0.2, 0) is 0 Å². The predicted octanol–water partition coefficient (Wildman–Crippen LogP) is 5.59. The molecule has 2 aromatic carbocycles. The van der Waals surface area contributed by atoms with Gasteiger partial charge in [0, 0.05) is 17.4 Å². The van der Waals surface area contributed by atoms with E-state index < -0.39 is 18.1 Å². The van der Waals surface area contributed by atoms with Crippen LogP contribution in [-0.4, -0.2) is 21.7 Å². The van der Waals surface area contributed by atoms with Crippen molar-refractivity contribution in [1.82, 2.24) is 14.7 Å². The van der Waals surface area contributed by atoms with Crippen molar-refractivity contribution >= 4 is 17.4 Å². The van der Waals surface area contributed by atoms with Gasteiger partial charge in [0.15, 0.2) is 0 Å². The van der Waals surface area contributed by atoms with Crippen molar-refractivity contribution in [2.45, 2.75) is 6.30 Å². The van der Waals surface area contributed by atoms with Crippen molar-refractivity contribution < 1.29 is 26.7 Å². The lowest BCUT2D eigenvalue weighted by Gasteiger charge is -2.11. The average molecular weight is 432 g/mol. The van der Waals surface area contributed by atoms with Gasteiger partial charge in [-0.3, -0.25) is 4.40 Å². The molecule has 0 unspecified atom stereocenters. The Labute approximate surface area is 172 Å². The molecular weight excluding hydrogens is 419 g/mol. The molecule has 2 aromatic heterocycles. The maximum Gasteiger partial charge on any atom is 0.485 e. The number of carbonyl (C=O) groups excluding carboxylic acids is 1. The van der Waals surface area contributed by atoms with Gasteiger partial charge in [-0.15, -0.1) is 0 Å². The number of nitrogens with one attached hydrogen (secondary N) is 2. The zero-order chi connectivity index (χ0) is 22.2. The zero-order valence-corrected chi connectivity index (χ0v) is 15.5. The Morgan fingerprint density at radius 3 is 2.39 bits per heavy atom. The molecule has 0 aliphatic carbocycles. The molecule has 158 valence electrons. The maximum absolute atomic E-state index is 14.5. The fraction of sp³-hybridized carbons (Fsp3) is 0.0476. The van der Waals surface area contributed by atoms with Crippen LogP contribution in [0.3, 0.4) is 0 Å². The lowest BCUT2D eigenvalue weighted by atomic mass is 10.1. The predicted molar refractivity (Wildman–Crippen MR) is 104 cm³/mol. The lowest BCUT2D eigenvalue weighted by molar-refractivity contribution is -0.144. The van der Waals surface area contributed by atoms with Crippen molar-refractivity contribution in [3.05, 3.63) is 78.6 Å². The van der Waals surface area contributed by atoms with Crippen LogP contribution in [0, 0.1) is 11.6 Å². The number of hydrogen-bond acceptors (Lipinski definition) is 2. The van der Waals surface area contributed by atoms with Gasteiger partial charge in [0.2, 0.25) is 0 Å². The van der Waals surface area contributed by atoms with Crippen molar-refractivity contribution in [3.8, 4) is 22.4 Å². The molecule has 0 fully saturated rings. The monoisotopic (exact) mass is 432 g/mol. The van der Waals surface area contributed by atoms with E-state index in [9.17, 15) is 26.7 Å². The summed E-state index contributed by atoms with van der Waals surface area (Å²) in [5, 5.41) is 2.82. The third kappa shape index (κ3) is 4.47. The highest BCUT2D eigenvalue weighted by Crippen LogP contribution is 2.29. The van der Waals surface area contributed by atoms with E-state index in [4.69, 9.17) is 0 Å². The number of hydrogen-bond donors (Lipinski definition) is 2. The first-order valence-electron chi connectivity index (χ1n) is 8.88. The molecule has 0 radical (unpaired) electrons. The van der Waals surface area contributed by atoms with E-state index in [1.807, 2.05) is 5.32 Å². The van der Waals surface area contributed by atoms with Crippen molar-refractivity contribution in [2.75, 3.05) is 5.32 Å². The first-order chi connectivity index (χ1) is 14.7. The van der Waals surface area contributed by atoms with E-state index >= 15 is 0 Å². The van der Waals surface area contributed by atoms with E-state index in [0.717, 1.165) is 28.6 Å². The molecule has 2 N–H and O–H groups in total. The van der Waals surface area contributed by atoms with Gasteiger partial charge in [0.05, 0.1) is 11.9 Å². The fourth-order valence-electron chi connectivity index (χ4n) is 3.09. The molecule has 0 spiro atoms. The fourth-order valence-corrected chi connectivity index (χ4v) is 3.09. The molecule has 0 aliphatic heterocycles. The van der Waals surface area contributed by atoms with Crippen molar-refractivity contribution in [1.29, 1.82) is 0 Å². The van der Waals surface area contributed by atoms with Crippen molar-refractivity contribution in [3.63, 3.8) is 0 Å². The summed E-state index contributed by atoms with van der Waals surface area (Å²) < 4.78 is 66.0. The number of pyridine rings is 1. The summed E-state index contributed by atoms with van der Waals surface area (Å²) >= 11 is 0. The highest BCUT2D eigenvalue weighted by Gasteiger charge is 2.30. The summed E-state index contributed by atoms with van der Waals surface area (Å²) in [6.07, 6.45) is -1.84. The summed E-state index contributed by atoms with van der Waals surface area (Å²) in [4.78, 5) is 15.7. The Bertz CT molecular complexity index is 1270. The first-order valence-corrected chi connectivity index (χ1v) is 8.88. The Kier molecular flexibility index (Phi) is 5.05. The number of benzene rings is 2. The van der Waals surface area contributed by atoms with Crippen LogP contribution in [0.5, 0.6) is 0 Å². The molecule has 2 amide bonds. The first kappa shape index (κ1) is 20.3. The van der Waals surface area contributed by atoms with Gasteiger partial charge in [0.25, 0.3) is 0 Å². The van der Waals surface area contributed by atoms with Crippen LogP contribution in [0.4, 0.5) is 32.4 Å². The van der Waals surface area contributed by atoms with Crippen LogP contribution >= 0.6 is 0 Å². The molecule has 5 nitrogen and oxygen atoms in total. The molecule has 0 saturated carbocycles. The number of alkyl halides is 3. The highest BCUT2D eigenvalue weighted by molar-refractivity contribution is 5.90. The van der Waals surface area contributed by atoms with Crippen LogP contribution in [0.2, 0.25) is 0 Å². The number of carbonyl (C=O) groups is 1. The number of anilines is 1. The van der Waals surface area contributed by atoms with Crippen LogP contribution < -0.4 is 10.6 Å². The van der Waals surface area contributed by atoms with Gasteiger partial charge in [-0.2, -0.15) is 13.2 Å². The smallest absolute Gasteiger partial charge is 0.308 e. The molecular formula is C21H13F5N4O. The second-order valence-electron chi connectivity index (χ2n) is 6.57. The zero-order valence-electron chi connectivity index (χ0n) is 15.5. The van der Waals surface area contributed by atoms with E-state index in [2.05, 4.69) is 4.98 Å².